The Hall–Kier alpha value is -3.35. The summed E-state index contributed by atoms with van der Waals surface area (Å²) >= 11 is 0. The molecule has 0 aliphatic heterocycles. The van der Waals surface area contributed by atoms with Gasteiger partial charge in [-0.25, -0.2) is 5.43 Å². The highest BCUT2D eigenvalue weighted by Gasteiger charge is 2.12. The number of methoxy groups -OCH3 is 1. The summed E-state index contributed by atoms with van der Waals surface area (Å²) in [5.74, 6) is -1.44. The number of hydrazone groups is 1. The van der Waals surface area contributed by atoms with E-state index in [2.05, 4.69) is 15.8 Å². The summed E-state index contributed by atoms with van der Waals surface area (Å²) in [4.78, 5) is 23.3. The number of phenolic OH excluding ortho intramolecular Hbond substituents is 1. The van der Waals surface area contributed by atoms with E-state index in [-0.39, 0.29) is 11.5 Å². The zero-order valence-corrected chi connectivity index (χ0v) is 12.3. The van der Waals surface area contributed by atoms with Gasteiger partial charge < -0.3 is 15.2 Å². The predicted molar refractivity (Wildman–Crippen MR) is 85.5 cm³/mol. The summed E-state index contributed by atoms with van der Waals surface area (Å²) in [6, 6.07) is 13.2. The van der Waals surface area contributed by atoms with Gasteiger partial charge in [-0.3, -0.25) is 9.59 Å². The van der Waals surface area contributed by atoms with Crippen molar-refractivity contribution < 1.29 is 19.4 Å². The van der Waals surface area contributed by atoms with Crippen molar-refractivity contribution in [3.05, 3.63) is 54.1 Å². The lowest BCUT2D eigenvalue weighted by Gasteiger charge is -2.04. The van der Waals surface area contributed by atoms with Gasteiger partial charge in [-0.15, -0.1) is 0 Å². The van der Waals surface area contributed by atoms with Crippen molar-refractivity contribution in [2.75, 3.05) is 12.4 Å². The molecule has 2 aromatic carbocycles. The van der Waals surface area contributed by atoms with Gasteiger partial charge in [-0.2, -0.15) is 5.10 Å². The van der Waals surface area contributed by atoms with Crippen LogP contribution in [0.1, 0.15) is 5.56 Å². The summed E-state index contributed by atoms with van der Waals surface area (Å²) in [5, 5.41) is 15.6. The van der Waals surface area contributed by atoms with Crippen molar-refractivity contribution in [3.8, 4) is 11.5 Å². The van der Waals surface area contributed by atoms with E-state index in [0.717, 1.165) is 0 Å². The number of aromatic hydroxyl groups is 1. The van der Waals surface area contributed by atoms with Crippen LogP contribution in [0.3, 0.4) is 0 Å². The molecule has 118 valence electrons. The number of benzene rings is 2. The number of phenols is 1. The van der Waals surface area contributed by atoms with Crippen LogP contribution in [0, 0.1) is 0 Å². The number of nitrogens with one attached hydrogen (secondary N) is 2. The first-order valence-electron chi connectivity index (χ1n) is 6.66. The Morgan fingerprint density at radius 1 is 1.13 bits per heavy atom. The van der Waals surface area contributed by atoms with E-state index in [4.69, 9.17) is 4.74 Å². The Balaban J connectivity index is 1.92. The van der Waals surface area contributed by atoms with E-state index in [1.807, 2.05) is 0 Å². The lowest BCUT2D eigenvalue weighted by atomic mass is 10.2. The van der Waals surface area contributed by atoms with E-state index in [0.29, 0.717) is 11.3 Å². The van der Waals surface area contributed by atoms with Crippen LogP contribution >= 0.6 is 0 Å². The van der Waals surface area contributed by atoms with Gasteiger partial charge in [0.15, 0.2) is 11.5 Å². The molecule has 0 heterocycles. The fourth-order valence-electron chi connectivity index (χ4n) is 1.70. The van der Waals surface area contributed by atoms with E-state index in [1.54, 1.807) is 36.4 Å². The summed E-state index contributed by atoms with van der Waals surface area (Å²) in [6.07, 6.45) is 1.33. The summed E-state index contributed by atoms with van der Waals surface area (Å²) in [5.41, 5.74) is 3.22. The number of nitrogens with zero attached hydrogens (tertiary/aromatic N) is 1. The first kappa shape index (κ1) is 16.0. The number of rotatable bonds is 4. The zero-order valence-electron chi connectivity index (χ0n) is 12.3. The summed E-state index contributed by atoms with van der Waals surface area (Å²) < 4.78 is 4.95. The second-order valence-electron chi connectivity index (χ2n) is 4.45. The highest BCUT2D eigenvalue weighted by atomic mass is 16.5. The van der Waals surface area contributed by atoms with Crippen molar-refractivity contribution in [2.24, 2.45) is 5.10 Å². The third-order valence-electron chi connectivity index (χ3n) is 2.82. The second-order valence-corrected chi connectivity index (χ2v) is 4.45. The van der Waals surface area contributed by atoms with Gasteiger partial charge in [0.05, 0.1) is 13.3 Å². The van der Waals surface area contributed by atoms with Gasteiger partial charge in [-0.1, -0.05) is 18.2 Å². The Kier molecular flexibility index (Phi) is 5.30. The molecule has 0 spiro atoms. The molecule has 2 aromatic rings. The second kappa shape index (κ2) is 7.60. The molecule has 7 heteroatoms. The largest absolute Gasteiger partial charge is 0.504 e. The van der Waals surface area contributed by atoms with Crippen LogP contribution in [0.4, 0.5) is 5.69 Å². The normalized spacial score (nSPS) is 10.3. The minimum Gasteiger partial charge on any atom is -0.504 e. The molecule has 0 aliphatic carbocycles. The maximum absolute atomic E-state index is 11.6. The molecule has 0 saturated carbocycles. The van der Waals surface area contributed by atoms with Crippen molar-refractivity contribution in [1.82, 2.24) is 5.43 Å². The first-order valence-corrected chi connectivity index (χ1v) is 6.66. The number of ether oxygens (including phenoxy) is 1. The van der Waals surface area contributed by atoms with Gasteiger partial charge in [0, 0.05) is 5.69 Å². The van der Waals surface area contributed by atoms with Crippen LogP contribution in [0.5, 0.6) is 11.5 Å². The molecule has 0 fully saturated rings. The Labute approximate surface area is 132 Å². The molecule has 23 heavy (non-hydrogen) atoms. The van der Waals surface area contributed by atoms with E-state index >= 15 is 0 Å². The van der Waals surface area contributed by atoms with Crippen molar-refractivity contribution in [2.45, 2.75) is 0 Å². The maximum atomic E-state index is 11.6. The van der Waals surface area contributed by atoms with Gasteiger partial charge in [0.1, 0.15) is 0 Å². The molecule has 2 rings (SSSR count). The monoisotopic (exact) mass is 313 g/mol. The third kappa shape index (κ3) is 4.57. The number of hydrogen-bond acceptors (Lipinski definition) is 5. The third-order valence-corrected chi connectivity index (χ3v) is 2.82. The zero-order chi connectivity index (χ0) is 16.7. The number of para-hydroxylation sites is 1. The minimum atomic E-state index is -0.893. The molecule has 0 aromatic heterocycles. The van der Waals surface area contributed by atoms with Gasteiger partial charge >= 0.3 is 11.8 Å². The van der Waals surface area contributed by atoms with Gasteiger partial charge in [-0.05, 0) is 35.9 Å². The van der Waals surface area contributed by atoms with Crippen molar-refractivity contribution in [1.29, 1.82) is 0 Å². The molecule has 7 nitrogen and oxygen atoms in total. The number of carbonyl (C=O) groups excluding carboxylic acids is 2. The highest BCUT2D eigenvalue weighted by Crippen LogP contribution is 2.25. The Morgan fingerprint density at radius 3 is 2.57 bits per heavy atom. The SMILES string of the molecule is COc1cc(/C=N/NC(=O)C(=O)Nc2ccccc2)ccc1O. The summed E-state index contributed by atoms with van der Waals surface area (Å²) in [6.45, 7) is 0. The molecule has 0 atom stereocenters. The average Bonchev–Trinajstić information content (AvgIpc) is 2.57. The van der Waals surface area contributed by atoms with E-state index < -0.39 is 11.8 Å². The van der Waals surface area contributed by atoms with Crippen LogP contribution in [0.2, 0.25) is 0 Å². The average molecular weight is 313 g/mol. The van der Waals surface area contributed by atoms with E-state index in [9.17, 15) is 14.7 Å². The number of anilines is 1. The first-order chi connectivity index (χ1) is 11.1. The molecule has 0 bridgehead atoms. The topological polar surface area (TPSA) is 100 Å². The van der Waals surface area contributed by atoms with Crippen LogP contribution in [-0.4, -0.2) is 30.2 Å². The van der Waals surface area contributed by atoms with Crippen LogP contribution in [0.15, 0.2) is 53.6 Å². The van der Waals surface area contributed by atoms with Crippen LogP contribution in [0.25, 0.3) is 0 Å². The quantitative estimate of drug-likeness (QED) is 0.452. The van der Waals surface area contributed by atoms with Crippen molar-refractivity contribution in [3.63, 3.8) is 0 Å². The van der Waals surface area contributed by atoms with Crippen LogP contribution in [-0.2, 0) is 9.59 Å². The smallest absolute Gasteiger partial charge is 0.329 e. The minimum absolute atomic E-state index is 0.00377. The number of carbonyl (C=O) groups is 2. The molecule has 3 N–H and O–H groups in total. The summed E-state index contributed by atoms with van der Waals surface area (Å²) in [7, 11) is 1.42. The molecule has 0 radical (unpaired) electrons. The fraction of sp³-hybridized carbons (Fsp3) is 0.0625. The highest BCUT2D eigenvalue weighted by molar-refractivity contribution is 6.39. The lowest BCUT2D eigenvalue weighted by Crippen LogP contribution is -2.32. The molecule has 0 unspecified atom stereocenters. The standard InChI is InChI=1S/C16H15N3O4/c1-23-14-9-11(7-8-13(14)20)10-17-19-16(22)15(21)18-12-5-3-2-4-6-12/h2-10,20H,1H3,(H,18,21)(H,19,22)/b17-10+. The molecular formula is C16H15N3O4. The lowest BCUT2D eigenvalue weighted by molar-refractivity contribution is -0.136. The number of amides is 2. The van der Waals surface area contributed by atoms with Crippen molar-refractivity contribution >= 4 is 23.7 Å². The van der Waals surface area contributed by atoms with Gasteiger partial charge in [0.25, 0.3) is 0 Å². The fourth-order valence-corrected chi connectivity index (χ4v) is 1.70. The predicted octanol–water partition coefficient (Wildman–Crippen LogP) is 1.49. The number of hydrogen-bond donors (Lipinski definition) is 3. The Morgan fingerprint density at radius 2 is 1.87 bits per heavy atom. The van der Waals surface area contributed by atoms with E-state index in [1.165, 1.54) is 25.5 Å². The Bertz CT molecular complexity index is 729. The maximum Gasteiger partial charge on any atom is 0.329 e. The molecule has 0 saturated heterocycles. The van der Waals surface area contributed by atoms with Crippen LogP contribution < -0.4 is 15.5 Å². The molecular weight excluding hydrogens is 298 g/mol. The van der Waals surface area contributed by atoms with Gasteiger partial charge in [0.2, 0.25) is 0 Å². The molecule has 2 amide bonds. The molecule has 0 aliphatic rings.